The molecule has 14 heavy (non-hydrogen) atoms. The predicted molar refractivity (Wildman–Crippen MR) is 54.1 cm³/mol. The largest absolute Gasteiger partial charge is 0.550 e. The molecule has 3 N–H and O–H groups in total. The van der Waals surface area contributed by atoms with Crippen molar-refractivity contribution in [3.63, 3.8) is 0 Å². The molecule has 0 aliphatic heterocycles. The van der Waals surface area contributed by atoms with Gasteiger partial charge in [-0.25, -0.2) is 0 Å². The number of carbonyl (C=O) groups is 1. The topological polar surface area (TPSA) is 67.8 Å². The van der Waals surface area contributed by atoms with Crippen molar-refractivity contribution in [2.75, 3.05) is 6.54 Å². The minimum Gasteiger partial charge on any atom is -0.550 e. The zero-order valence-corrected chi connectivity index (χ0v) is 9.29. The Morgan fingerprint density at radius 1 is 1.50 bits per heavy atom. The molecule has 0 spiro atoms. The Morgan fingerprint density at radius 2 is 2.14 bits per heavy atom. The van der Waals surface area contributed by atoms with Crippen LogP contribution in [0.5, 0.6) is 0 Å². The minimum atomic E-state index is -1.03. The van der Waals surface area contributed by atoms with Crippen molar-refractivity contribution >= 4 is 21.9 Å². The number of carbonyl (C=O) groups excluding carboxylic acids is 1. The monoisotopic (exact) mass is 257 g/mol. The van der Waals surface area contributed by atoms with Gasteiger partial charge in [0.15, 0.2) is 0 Å². The molecule has 4 heteroatoms. The molecule has 0 bridgehead atoms. The van der Waals surface area contributed by atoms with Gasteiger partial charge in [-0.1, -0.05) is 34.1 Å². The van der Waals surface area contributed by atoms with Crippen LogP contribution in [-0.2, 0) is 11.2 Å². The van der Waals surface area contributed by atoms with Crippen molar-refractivity contribution in [2.45, 2.75) is 6.42 Å². The molecule has 76 valence electrons. The normalized spacial score (nSPS) is 12.4. The molecular formula is C10H12BrNO2. The summed E-state index contributed by atoms with van der Waals surface area (Å²) in [6.45, 7) is 0.351. The van der Waals surface area contributed by atoms with Crippen molar-refractivity contribution in [2.24, 2.45) is 5.92 Å². The Balaban J connectivity index is 2.77. The van der Waals surface area contributed by atoms with Gasteiger partial charge in [-0.2, -0.15) is 0 Å². The molecule has 0 heterocycles. The van der Waals surface area contributed by atoms with Gasteiger partial charge in [-0.3, -0.25) is 0 Å². The SMILES string of the molecule is [NH3+]C[C@H](Cc1ccccc1Br)C(=O)[O-]. The van der Waals surface area contributed by atoms with E-state index in [0.717, 1.165) is 10.0 Å². The van der Waals surface area contributed by atoms with Gasteiger partial charge in [-0.05, 0) is 18.1 Å². The third-order valence-electron chi connectivity index (χ3n) is 2.11. The van der Waals surface area contributed by atoms with E-state index in [1.54, 1.807) is 0 Å². The highest BCUT2D eigenvalue weighted by Crippen LogP contribution is 2.18. The average Bonchev–Trinajstić information content (AvgIpc) is 2.16. The van der Waals surface area contributed by atoms with E-state index in [4.69, 9.17) is 0 Å². The number of carboxylic acids is 1. The summed E-state index contributed by atoms with van der Waals surface area (Å²) in [6.07, 6.45) is 0.466. The van der Waals surface area contributed by atoms with E-state index < -0.39 is 11.9 Å². The number of hydrogen-bond acceptors (Lipinski definition) is 2. The van der Waals surface area contributed by atoms with Crippen molar-refractivity contribution in [1.82, 2.24) is 0 Å². The van der Waals surface area contributed by atoms with Crippen molar-refractivity contribution in [3.8, 4) is 0 Å². The number of rotatable bonds is 4. The van der Waals surface area contributed by atoms with Crippen LogP contribution in [0.4, 0.5) is 0 Å². The number of halogens is 1. The van der Waals surface area contributed by atoms with E-state index in [2.05, 4.69) is 21.7 Å². The Hall–Kier alpha value is -0.870. The minimum absolute atomic E-state index is 0.351. The highest BCUT2D eigenvalue weighted by Gasteiger charge is 2.12. The van der Waals surface area contributed by atoms with Crippen LogP contribution in [0.15, 0.2) is 28.7 Å². The predicted octanol–water partition coefficient (Wildman–Crippen LogP) is -0.400. The first kappa shape index (κ1) is 11.2. The maximum Gasteiger partial charge on any atom is 0.0824 e. The lowest BCUT2D eigenvalue weighted by atomic mass is 10.00. The molecule has 0 amide bonds. The summed E-state index contributed by atoms with van der Waals surface area (Å²) >= 11 is 3.37. The molecule has 1 atom stereocenters. The van der Waals surface area contributed by atoms with Crippen LogP contribution in [-0.4, -0.2) is 12.5 Å². The molecule has 1 aromatic rings. The van der Waals surface area contributed by atoms with Crippen LogP contribution in [0, 0.1) is 5.92 Å². The van der Waals surface area contributed by atoms with Crippen LogP contribution in [0.25, 0.3) is 0 Å². The van der Waals surface area contributed by atoms with E-state index >= 15 is 0 Å². The molecule has 0 aliphatic carbocycles. The van der Waals surface area contributed by atoms with Crippen molar-refractivity contribution in [3.05, 3.63) is 34.3 Å². The summed E-state index contributed by atoms with van der Waals surface area (Å²) in [5.41, 5.74) is 4.57. The number of carboxylic acid groups (broad SMARTS) is 1. The summed E-state index contributed by atoms with van der Waals surface area (Å²) < 4.78 is 0.930. The van der Waals surface area contributed by atoms with Gasteiger partial charge in [0.2, 0.25) is 0 Å². The number of benzene rings is 1. The first-order valence-corrected chi connectivity index (χ1v) is 5.18. The Bertz CT molecular complexity index is 328. The number of aliphatic carboxylic acids is 1. The van der Waals surface area contributed by atoms with Gasteiger partial charge in [0, 0.05) is 4.47 Å². The fraction of sp³-hybridized carbons (Fsp3) is 0.300. The van der Waals surface area contributed by atoms with Gasteiger partial charge >= 0.3 is 0 Å². The molecule has 0 aromatic heterocycles. The van der Waals surface area contributed by atoms with Crippen LogP contribution in [0.3, 0.4) is 0 Å². The highest BCUT2D eigenvalue weighted by molar-refractivity contribution is 9.10. The quantitative estimate of drug-likeness (QED) is 0.798. The van der Waals surface area contributed by atoms with Crippen molar-refractivity contribution < 1.29 is 15.6 Å². The van der Waals surface area contributed by atoms with Gasteiger partial charge < -0.3 is 15.6 Å². The van der Waals surface area contributed by atoms with Gasteiger partial charge in [0.05, 0.1) is 18.4 Å². The zero-order valence-electron chi connectivity index (χ0n) is 7.70. The summed E-state index contributed by atoms with van der Waals surface area (Å²) in [7, 11) is 0. The van der Waals surface area contributed by atoms with Crippen LogP contribution in [0.1, 0.15) is 5.56 Å². The van der Waals surface area contributed by atoms with Gasteiger partial charge in [-0.15, -0.1) is 0 Å². The molecule has 0 fully saturated rings. The first-order valence-electron chi connectivity index (χ1n) is 4.38. The second-order valence-corrected chi connectivity index (χ2v) is 3.95. The molecule has 0 unspecified atom stereocenters. The van der Waals surface area contributed by atoms with E-state index in [9.17, 15) is 9.90 Å². The van der Waals surface area contributed by atoms with E-state index in [0.29, 0.717) is 13.0 Å². The summed E-state index contributed by atoms with van der Waals surface area (Å²) in [6, 6.07) is 7.57. The van der Waals surface area contributed by atoms with Crippen LogP contribution in [0.2, 0.25) is 0 Å². The lowest BCUT2D eigenvalue weighted by molar-refractivity contribution is -0.387. The molecule has 0 aliphatic rings. The standard InChI is InChI=1S/C10H12BrNO2/c11-9-4-2-1-3-7(9)5-8(6-12)10(13)14/h1-4,8H,5-6,12H2,(H,13,14)/t8-/m0/s1. The Kier molecular flexibility index (Phi) is 4.10. The maximum absolute atomic E-state index is 10.7. The zero-order chi connectivity index (χ0) is 10.6. The van der Waals surface area contributed by atoms with E-state index in [1.807, 2.05) is 24.3 Å². The van der Waals surface area contributed by atoms with Crippen LogP contribution < -0.4 is 10.8 Å². The summed E-state index contributed by atoms with van der Waals surface area (Å²) in [5, 5.41) is 10.7. The smallest absolute Gasteiger partial charge is 0.0824 e. The maximum atomic E-state index is 10.7. The Labute approximate surface area is 91.1 Å². The van der Waals surface area contributed by atoms with E-state index in [1.165, 1.54) is 0 Å². The third kappa shape index (κ3) is 2.82. The molecule has 0 radical (unpaired) electrons. The molecule has 3 nitrogen and oxygen atoms in total. The second kappa shape index (κ2) is 5.12. The lowest BCUT2D eigenvalue weighted by Crippen LogP contribution is -2.57. The second-order valence-electron chi connectivity index (χ2n) is 3.10. The lowest BCUT2D eigenvalue weighted by Gasteiger charge is -2.14. The van der Waals surface area contributed by atoms with Gasteiger partial charge in [0.1, 0.15) is 0 Å². The molecule has 1 rings (SSSR count). The Morgan fingerprint density at radius 3 is 2.64 bits per heavy atom. The number of hydrogen-bond donors (Lipinski definition) is 1. The van der Waals surface area contributed by atoms with Crippen molar-refractivity contribution in [1.29, 1.82) is 0 Å². The summed E-state index contributed by atoms with van der Waals surface area (Å²) in [4.78, 5) is 10.7. The molecule has 0 saturated carbocycles. The fourth-order valence-corrected chi connectivity index (χ4v) is 1.68. The first-order chi connectivity index (χ1) is 6.65. The van der Waals surface area contributed by atoms with E-state index in [-0.39, 0.29) is 0 Å². The summed E-state index contributed by atoms with van der Waals surface area (Å²) in [5.74, 6) is -1.54. The molecule has 0 saturated heterocycles. The molecular weight excluding hydrogens is 246 g/mol. The third-order valence-corrected chi connectivity index (χ3v) is 2.88. The van der Waals surface area contributed by atoms with Gasteiger partial charge in [0.25, 0.3) is 0 Å². The number of quaternary nitrogens is 1. The highest BCUT2D eigenvalue weighted by atomic mass is 79.9. The average molecular weight is 258 g/mol. The fourth-order valence-electron chi connectivity index (χ4n) is 1.23. The van der Waals surface area contributed by atoms with Crippen LogP contribution >= 0.6 is 15.9 Å². The molecule has 1 aromatic carbocycles.